The van der Waals surface area contributed by atoms with Crippen molar-refractivity contribution < 1.29 is 14.3 Å². The molecule has 0 amide bonds. The third kappa shape index (κ3) is 7.94. The summed E-state index contributed by atoms with van der Waals surface area (Å²) in [5, 5.41) is 0. The van der Waals surface area contributed by atoms with Gasteiger partial charge in [-0.15, -0.1) is 0 Å². The maximum absolute atomic E-state index is 11.5. The van der Waals surface area contributed by atoms with Crippen molar-refractivity contribution in [3.63, 3.8) is 0 Å². The Morgan fingerprint density at radius 2 is 1.18 bits per heavy atom. The van der Waals surface area contributed by atoms with Crippen molar-refractivity contribution in [1.82, 2.24) is 0 Å². The summed E-state index contributed by atoms with van der Waals surface area (Å²) in [4.78, 5) is 22.8. The number of hydrogen-bond donors (Lipinski definition) is 0. The average Bonchev–Trinajstić information content (AvgIpc) is 2.31. The summed E-state index contributed by atoms with van der Waals surface area (Å²) in [6, 6.07) is 0. The highest BCUT2D eigenvalue weighted by Gasteiger charge is 2.05. The Labute approximate surface area is 104 Å². The molecule has 0 bridgehead atoms. The summed E-state index contributed by atoms with van der Waals surface area (Å²) in [6.07, 6.45) is 10.2. The standard InChI is InChI=1S/C14H24O3/c15-13-9-5-3-1-2-4-6-11-14(16)17-12-8-7-10-13/h1-12H2. The lowest BCUT2D eigenvalue weighted by atomic mass is 10.0. The average molecular weight is 240 g/mol. The molecular weight excluding hydrogens is 216 g/mol. The van der Waals surface area contributed by atoms with Gasteiger partial charge in [0.1, 0.15) is 5.78 Å². The van der Waals surface area contributed by atoms with E-state index in [2.05, 4.69) is 0 Å². The summed E-state index contributed by atoms with van der Waals surface area (Å²) >= 11 is 0. The van der Waals surface area contributed by atoms with Crippen LogP contribution in [0.2, 0.25) is 0 Å². The van der Waals surface area contributed by atoms with Gasteiger partial charge in [0.2, 0.25) is 0 Å². The fraction of sp³-hybridized carbons (Fsp3) is 0.857. The predicted molar refractivity (Wildman–Crippen MR) is 66.8 cm³/mol. The molecule has 17 heavy (non-hydrogen) atoms. The minimum Gasteiger partial charge on any atom is -0.466 e. The molecule has 1 saturated heterocycles. The van der Waals surface area contributed by atoms with Gasteiger partial charge in [-0.05, 0) is 25.7 Å². The largest absolute Gasteiger partial charge is 0.466 e. The monoisotopic (exact) mass is 240 g/mol. The zero-order valence-electron chi connectivity index (χ0n) is 10.7. The molecule has 1 aliphatic rings. The smallest absolute Gasteiger partial charge is 0.305 e. The molecule has 1 heterocycles. The van der Waals surface area contributed by atoms with Crippen LogP contribution in [0.3, 0.4) is 0 Å². The van der Waals surface area contributed by atoms with E-state index in [0.29, 0.717) is 25.2 Å². The topological polar surface area (TPSA) is 43.4 Å². The van der Waals surface area contributed by atoms with E-state index in [9.17, 15) is 9.59 Å². The van der Waals surface area contributed by atoms with Gasteiger partial charge in [-0.2, -0.15) is 0 Å². The van der Waals surface area contributed by atoms with Crippen LogP contribution in [0.25, 0.3) is 0 Å². The van der Waals surface area contributed by atoms with Crippen LogP contribution in [-0.2, 0) is 14.3 Å². The molecule has 3 nitrogen and oxygen atoms in total. The van der Waals surface area contributed by atoms with Crippen molar-refractivity contribution in [1.29, 1.82) is 0 Å². The second-order valence-electron chi connectivity index (χ2n) is 4.84. The maximum atomic E-state index is 11.5. The summed E-state index contributed by atoms with van der Waals surface area (Å²) in [6.45, 7) is 0.478. The van der Waals surface area contributed by atoms with Crippen molar-refractivity contribution in [2.75, 3.05) is 6.61 Å². The molecule has 0 aliphatic carbocycles. The van der Waals surface area contributed by atoms with Crippen LogP contribution in [-0.4, -0.2) is 18.4 Å². The van der Waals surface area contributed by atoms with Crippen molar-refractivity contribution in [3.8, 4) is 0 Å². The summed E-state index contributed by atoms with van der Waals surface area (Å²) in [5.41, 5.74) is 0. The molecule has 1 fully saturated rings. The number of carbonyl (C=O) groups excluding carboxylic acids is 2. The number of rotatable bonds is 0. The fourth-order valence-corrected chi connectivity index (χ4v) is 2.11. The number of esters is 1. The van der Waals surface area contributed by atoms with Gasteiger partial charge in [-0.25, -0.2) is 0 Å². The van der Waals surface area contributed by atoms with Crippen molar-refractivity contribution in [3.05, 3.63) is 0 Å². The van der Waals surface area contributed by atoms with Crippen LogP contribution in [0.5, 0.6) is 0 Å². The van der Waals surface area contributed by atoms with Crippen LogP contribution in [0.4, 0.5) is 0 Å². The molecule has 3 heteroatoms. The lowest BCUT2D eigenvalue weighted by molar-refractivity contribution is -0.143. The van der Waals surface area contributed by atoms with E-state index in [0.717, 1.165) is 44.9 Å². The van der Waals surface area contributed by atoms with Gasteiger partial charge < -0.3 is 4.74 Å². The number of hydrogen-bond acceptors (Lipinski definition) is 3. The zero-order chi connectivity index (χ0) is 12.3. The molecular formula is C14H24O3. The number of Topliss-reactive ketones (excluding diaryl/α,β-unsaturated/α-hetero) is 1. The lowest BCUT2D eigenvalue weighted by Crippen LogP contribution is -2.06. The highest BCUT2D eigenvalue weighted by atomic mass is 16.5. The molecule has 0 unspecified atom stereocenters. The second-order valence-corrected chi connectivity index (χ2v) is 4.84. The summed E-state index contributed by atoms with van der Waals surface area (Å²) in [7, 11) is 0. The molecule has 0 radical (unpaired) electrons. The molecule has 1 aliphatic heterocycles. The summed E-state index contributed by atoms with van der Waals surface area (Å²) < 4.78 is 5.10. The quantitative estimate of drug-likeness (QED) is 0.609. The van der Waals surface area contributed by atoms with Crippen molar-refractivity contribution in [2.45, 2.75) is 70.6 Å². The number of ether oxygens (including phenoxy) is 1. The van der Waals surface area contributed by atoms with Gasteiger partial charge >= 0.3 is 5.97 Å². The molecule has 0 saturated carbocycles. The van der Waals surface area contributed by atoms with Crippen LogP contribution in [0, 0.1) is 0 Å². The van der Waals surface area contributed by atoms with Crippen LogP contribution in [0.15, 0.2) is 0 Å². The molecule has 0 atom stereocenters. The Bertz CT molecular complexity index is 212. The first-order valence-corrected chi connectivity index (χ1v) is 6.96. The Balaban J connectivity index is 2.23. The minimum atomic E-state index is -0.0776. The highest BCUT2D eigenvalue weighted by Crippen LogP contribution is 2.11. The first-order chi connectivity index (χ1) is 8.29. The van der Waals surface area contributed by atoms with Gasteiger partial charge in [-0.1, -0.05) is 25.7 Å². The molecule has 0 N–H and O–H groups in total. The molecule has 0 aromatic carbocycles. The first-order valence-electron chi connectivity index (χ1n) is 6.96. The van der Waals surface area contributed by atoms with Crippen molar-refractivity contribution in [2.24, 2.45) is 0 Å². The Hall–Kier alpha value is -0.860. The van der Waals surface area contributed by atoms with Gasteiger partial charge in [0, 0.05) is 19.3 Å². The maximum Gasteiger partial charge on any atom is 0.305 e. The van der Waals surface area contributed by atoms with Crippen LogP contribution in [0.1, 0.15) is 70.6 Å². The van der Waals surface area contributed by atoms with E-state index in [4.69, 9.17) is 4.74 Å². The normalized spacial score (nSPS) is 22.4. The van der Waals surface area contributed by atoms with Crippen molar-refractivity contribution >= 4 is 11.8 Å². The number of ketones is 1. The van der Waals surface area contributed by atoms with Crippen LogP contribution < -0.4 is 0 Å². The molecule has 98 valence electrons. The zero-order valence-corrected chi connectivity index (χ0v) is 10.7. The van der Waals surface area contributed by atoms with E-state index in [1.165, 1.54) is 12.8 Å². The summed E-state index contributed by atoms with van der Waals surface area (Å²) in [5.74, 6) is 0.289. The van der Waals surface area contributed by atoms with E-state index in [1.54, 1.807) is 0 Å². The Morgan fingerprint density at radius 1 is 0.647 bits per heavy atom. The van der Waals surface area contributed by atoms with E-state index in [1.807, 2.05) is 0 Å². The van der Waals surface area contributed by atoms with Gasteiger partial charge in [-0.3, -0.25) is 9.59 Å². The fourth-order valence-electron chi connectivity index (χ4n) is 2.11. The van der Waals surface area contributed by atoms with Crippen LogP contribution >= 0.6 is 0 Å². The first kappa shape index (κ1) is 14.2. The van der Waals surface area contributed by atoms with E-state index >= 15 is 0 Å². The van der Waals surface area contributed by atoms with E-state index < -0.39 is 0 Å². The minimum absolute atomic E-state index is 0.0776. The lowest BCUT2D eigenvalue weighted by Gasteiger charge is -2.04. The third-order valence-corrected chi connectivity index (χ3v) is 3.20. The van der Waals surface area contributed by atoms with E-state index in [-0.39, 0.29) is 5.97 Å². The third-order valence-electron chi connectivity index (χ3n) is 3.20. The Kier molecular flexibility index (Phi) is 7.69. The highest BCUT2D eigenvalue weighted by molar-refractivity contribution is 5.78. The van der Waals surface area contributed by atoms with Gasteiger partial charge in [0.25, 0.3) is 0 Å². The van der Waals surface area contributed by atoms with Gasteiger partial charge in [0.05, 0.1) is 6.61 Å². The molecule has 1 rings (SSSR count). The Morgan fingerprint density at radius 3 is 1.88 bits per heavy atom. The number of carbonyl (C=O) groups is 2. The SMILES string of the molecule is O=C1CCCCCCCCC(=O)OCCCC1. The van der Waals surface area contributed by atoms with Gasteiger partial charge in [0.15, 0.2) is 0 Å². The molecule has 0 spiro atoms. The molecule has 0 aromatic rings. The predicted octanol–water partition coefficient (Wildman–Crippen LogP) is 3.40. The molecule has 0 aromatic heterocycles. The second kappa shape index (κ2) is 9.20. The number of cyclic esters (lactones) is 1.